The molecule has 0 atom stereocenters. The lowest BCUT2D eigenvalue weighted by Crippen LogP contribution is -2.29. The Hall–Kier alpha value is -1.06. The summed E-state index contributed by atoms with van der Waals surface area (Å²) in [5.41, 5.74) is 7.71. The average Bonchev–Trinajstić information content (AvgIpc) is 2.19. The highest BCUT2D eigenvalue weighted by atomic mass is 16.7. The third kappa shape index (κ3) is 2.47. The van der Waals surface area contributed by atoms with E-state index in [1.54, 1.807) is 7.11 Å². The highest BCUT2D eigenvalue weighted by Crippen LogP contribution is 2.17. The maximum absolute atomic E-state index is 5.52. The summed E-state index contributed by atoms with van der Waals surface area (Å²) in [6.07, 6.45) is 0. The summed E-state index contributed by atoms with van der Waals surface area (Å²) in [5, 5.41) is 1.86. The van der Waals surface area contributed by atoms with Crippen molar-refractivity contribution in [2.75, 3.05) is 12.2 Å². The molecule has 0 fully saturated rings. The summed E-state index contributed by atoms with van der Waals surface area (Å²) >= 11 is 0. The molecular weight excluding hydrogens is 176 g/mol. The molecule has 0 aliphatic heterocycles. The molecule has 0 saturated heterocycles. The van der Waals surface area contributed by atoms with E-state index in [4.69, 9.17) is 10.6 Å². The van der Waals surface area contributed by atoms with Crippen LogP contribution >= 0.6 is 0 Å². The summed E-state index contributed by atoms with van der Waals surface area (Å²) in [5.74, 6) is 0. The Labute approximate surface area is 85.4 Å². The average molecular weight is 194 g/mol. The van der Waals surface area contributed by atoms with Gasteiger partial charge in [-0.15, -0.1) is 0 Å². The summed E-state index contributed by atoms with van der Waals surface area (Å²) in [6.45, 7) is 4.75. The van der Waals surface area contributed by atoms with Crippen molar-refractivity contribution in [1.29, 1.82) is 0 Å². The van der Waals surface area contributed by atoms with Gasteiger partial charge in [-0.2, -0.15) is 0 Å². The molecule has 14 heavy (non-hydrogen) atoms. The van der Waals surface area contributed by atoms with Crippen LogP contribution in [0.3, 0.4) is 0 Å². The van der Waals surface area contributed by atoms with Gasteiger partial charge in [-0.3, -0.25) is 9.90 Å². The van der Waals surface area contributed by atoms with Crippen molar-refractivity contribution in [3.8, 4) is 0 Å². The van der Waals surface area contributed by atoms with Gasteiger partial charge in [0.2, 0.25) is 0 Å². The number of hydroxylamine groups is 1. The van der Waals surface area contributed by atoms with Crippen molar-refractivity contribution in [3.63, 3.8) is 0 Å². The van der Waals surface area contributed by atoms with E-state index in [-0.39, 0.29) is 0 Å². The van der Waals surface area contributed by atoms with Crippen LogP contribution in [-0.2, 0) is 11.4 Å². The topological polar surface area (TPSA) is 38.5 Å². The van der Waals surface area contributed by atoms with Gasteiger partial charge in [0, 0.05) is 6.54 Å². The van der Waals surface area contributed by atoms with Crippen LogP contribution in [0.4, 0.5) is 5.69 Å². The SMILES string of the molecule is CON(c1ccc(CN)cc1)C(C)C. The van der Waals surface area contributed by atoms with E-state index in [2.05, 4.69) is 13.8 Å². The molecule has 1 rings (SSSR count). The van der Waals surface area contributed by atoms with Gasteiger partial charge in [-0.1, -0.05) is 12.1 Å². The lowest BCUT2D eigenvalue weighted by molar-refractivity contribution is 0.148. The zero-order valence-electron chi connectivity index (χ0n) is 9.03. The normalized spacial score (nSPS) is 10.6. The molecule has 0 aromatic heterocycles. The summed E-state index contributed by atoms with van der Waals surface area (Å²) < 4.78 is 0. The first-order valence-electron chi connectivity index (χ1n) is 4.81. The third-order valence-electron chi connectivity index (χ3n) is 2.09. The van der Waals surface area contributed by atoms with Crippen molar-refractivity contribution in [3.05, 3.63) is 29.8 Å². The second-order valence-electron chi connectivity index (χ2n) is 3.47. The highest BCUT2D eigenvalue weighted by molar-refractivity contribution is 5.45. The fourth-order valence-corrected chi connectivity index (χ4v) is 1.39. The predicted octanol–water partition coefficient (Wildman–Crippen LogP) is 1.92. The van der Waals surface area contributed by atoms with E-state index >= 15 is 0 Å². The molecule has 1 aromatic carbocycles. The molecule has 0 aliphatic carbocycles. The Kier molecular flexibility index (Phi) is 3.92. The molecule has 0 saturated carbocycles. The van der Waals surface area contributed by atoms with Crippen molar-refractivity contribution in [2.45, 2.75) is 26.4 Å². The van der Waals surface area contributed by atoms with Gasteiger partial charge in [0.15, 0.2) is 0 Å². The fourth-order valence-electron chi connectivity index (χ4n) is 1.39. The van der Waals surface area contributed by atoms with Gasteiger partial charge >= 0.3 is 0 Å². The van der Waals surface area contributed by atoms with Crippen molar-refractivity contribution < 1.29 is 4.84 Å². The second kappa shape index (κ2) is 4.98. The molecule has 0 aliphatic rings. The summed E-state index contributed by atoms with van der Waals surface area (Å²) in [7, 11) is 1.68. The van der Waals surface area contributed by atoms with Crippen LogP contribution in [-0.4, -0.2) is 13.2 Å². The van der Waals surface area contributed by atoms with E-state index in [0.717, 1.165) is 11.3 Å². The molecule has 0 unspecified atom stereocenters. The molecule has 2 N–H and O–H groups in total. The monoisotopic (exact) mass is 194 g/mol. The molecule has 1 aromatic rings. The van der Waals surface area contributed by atoms with E-state index in [0.29, 0.717) is 12.6 Å². The van der Waals surface area contributed by atoms with Crippen LogP contribution in [0.15, 0.2) is 24.3 Å². The number of nitrogens with zero attached hydrogens (tertiary/aromatic N) is 1. The van der Waals surface area contributed by atoms with Gasteiger partial charge in [0.25, 0.3) is 0 Å². The van der Waals surface area contributed by atoms with Crippen LogP contribution in [0, 0.1) is 0 Å². The van der Waals surface area contributed by atoms with Crippen LogP contribution in [0.5, 0.6) is 0 Å². The molecule has 0 heterocycles. The van der Waals surface area contributed by atoms with Crippen LogP contribution in [0.25, 0.3) is 0 Å². The van der Waals surface area contributed by atoms with E-state index in [1.165, 1.54) is 0 Å². The van der Waals surface area contributed by atoms with Crippen molar-refractivity contribution in [1.82, 2.24) is 0 Å². The van der Waals surface area contributed by atoms with Gasteiger partial charge in [-0.25, -0.2) is 0 Å². The maximum Gasteiger partial charge on any atom is 0.0639 e. The Morgan fingerprint density at radius 2 is 1.86 bits per heavy atom. The molecular formula is C11H18N2O. The molecule has 0 spiro atoms. The van der Waals surface area contributed by atoms with Gasteiger partial charge < -0.3 is 5.73 Å². The quantitative estimate of drug-likeness (QED) is 0.744. The first-order chi connectivity index (χ1) is 6.69. The zero-order valence-corrected chi connectivity index (χ0v) is 9.03. The molecule has 3 nitrogen and oxygen atoms in total. The van der Waals surface area contributed by atoms with E-state index in [9.17, 15) is 0 Å². The van der Waals surface area contributed by atoms with Gasteiger partial charge in [-0.05, 0) is 31.5 Å². The Balaban J connectivity index is 2.84. The summed E-state index contributed by atoms with van der Waals surface area (Å²) in [6, 6.07) is 8.40. The first-order valence-corrected chi connectivity index (χ1v) is 4.81. The zero-order chi connectivity index (χ0) is 10.6. The van der Waals surface area contributed by atoms with Crippen LogP contribution in [0.1, 0.15) is 19.4 Å². The lowest BCUT2D eigenvalue weighted by atomic mass is 10.2. The minimum atomic E-state index is 0.323. The second-order valence-corrected chi connectivity index (χ2v) is 3.47. The van der Waals surface area contributed by atoms with Crippen LogP contribution < -0.4 is 10.8 Å². The molecule has 0 amide bonds. The predicted molar refractivity (Wildman–Crippen MR) is 59.0 cm³/mol. The Morgan fingerprint density at radius 3 is 2.21 bits per heavy atom. The standard InChI is InChI=1S/C11H18N2O/c1-9(2)13(14-3)11-6-4-10(8-12)5-7-11/h4-7,9H,8,12H2,1-3H3. The Bertz CT molecular complexity index is 269. The minimum Gasteiger partial charge on any atom is -0.326 e. The smallest absolute Gasteiger partial charge is 0.0639 e. The molecule has 0 bridgehead atoms. The number of hydrogen-bond acceptors (Lipinski definition) is 3. The highest BCUT2D eigenvalue weighted by Gasteiger charge is 2.08. The first kappa shape index (κ1) is 11.0. The Morgan fingerprint density at radius 1 is 1.29 bits per heavy atom. The molecule has 0 radical (unpaired) electrons. The number of rotatable bonds is 4. The molecule has 3 heteroatoms. The van der Waals surface area contributed by atoms with Crippen molar-refractivity contribution >= 4 is 5.69 Å². The van der Waals surface area contributed by atoms with Gasteiger partial charge in [0.05, 0.1) is 18.8 Å². The number of benzene rings is 1. The van der Waals surface area contributed by atoms with Crippen LogP contribution in [0.2, 0.25) is 0 Å². The number of anilines is 1. The van der Waals surface area contributed by atoms with Crippen molar-refractivity contribution in [2.24, 2.45) is 5.73 Å². The number of hydrogen-bond donors (Lipinski definition) is 1. The lowest BCUT2D eigenvalue weighted by Gasteiger charge is -2.25. The van der Waals surface area contributed by atoms with E-state index in [1.807, 2.05) is 29.3 Å². The minimum absolute atomic E-state index is 0.323. The largest absolute Gasteiger partial charge is 0.326 e. The fraction of sp³-hybridized carbons (Fsp3) is 0.455. The number of nitrogens with two attached hydrogens (primary N) is 1. The third-order valence-corrected chi connectivity index (χ3v) is 2.09. The van der Waals surface area contributed by atoms with Gasteiger partial charge in [0.1, 0.15) is 0 Å². The molecule has 78 valence electrons. The summed E-state index contributed by atoms with van der Waals surface area (Å²) in [4.78, 5) is 5.27. The maximum atomic E-state index is 5.52. The van der Waals surface area contributed by atoms with E-state index < -0.39 is 0 Å².